The average Bonchev–Trinajstić information content (AvgIpc) is 2.51. The van der Waals surface area contributed by atoms with Crippen molar-refractivity contribution in [2.45, 2.75) is 33.1 Å². The molecule has 2 aromatic rings. The van der Waals surface area contributed by atoms with Gasteiger partial charge in [-0.25, -0.2) is 0 Å². The second kappa shape index (κ2) is 11.5. The molecule has 0 aliphatic carbocycles. The van der Waals surface area contributed by atoms with Crippen LogP contribution in [0.2, 0.25) is 0 Å². The summed E-state index contributed by atoms with van der Waals surface area (Å²) in [5, 5.41) is 12.0. The zero-order chi connectivity index (χ0) is 14.5. The summed E-state index contributed by atoms with van der Waals surface area (Å²) < 4.78 is 0. The van der Waals surface area contributed by atoms with Crippen molar-refractivity contribution in [2.24, 2.45) is 0 Å². The van der Waals surface area contributed by atoms with E-state index in [0.29, 0.717) is 5.92 Å². The van der Waals surface area contributed by atoms with Gasteiger partial charge in [0.05, 0.1) is 0 Å². The van der Waals surface area contributed by atoms with Gasteiger partial charge in [0, 0.05) is 0 Å². The SMILES string of the molecule is CC(C)c1ccccc1.CCc1ccccc1.OO. The molecule has 104 valence electrons. The van der Waals surface area contributed by atoms with Crippen LogP contribution in [0.15, 0.2) is 60.7 Å². The molecular formula is C17H24O2. The molecule has 0 unspecified atom stereocenters. The molecule has 0 spiro atoms. The Morgan fingerprint density at radius 2 is 1.21 bits per heavy atom. The summed E-state index contributed by atoms with van der Waals surface area (Å²) in [6.45, 7) is 6.57. The van der Waals surface area contributed by atoms with Crippen molar-refractivity contribution >= 4 is 0 Å². The van der Waals surface area contributed by atoms with Crippen molar-refractivity contribution in [3.63, 3.8) is 0 Å². The van der Waals surface area contributed by atoms with E-state index in [1.807, 2.05) is 12.1 Å². The number of hydrogen-bond acceptors (Lipinski definition) is 2. The smallest absolute Gasteiger partial charge is 0.0219 e. The summed E-state index contributed by atoms with van der Waals surface area (Å²) in [5.74, 6) is 0.659. The van der Waals surface area contributed by atoms with E-state index < -0.39 is 0 Å². The van der Waals surface area contributed by atoms with E-state index in [2.05, 4.69) is 69.3 Å². The third-order valence-electron chi connectivity index (χ3n) is 2.72. The number of rotatable bonds is 2. The molecule has 2 aromatic carbocycles. The molecule has 0 saturated carbocycles. The highest BCUT2D eigenvalue weighted by molar-refractivity contribution is 5.17. The van der Waals surface area contributed by atoms with Crippen LogP contribution in [0.25, 0.3) is 0 Å². The fourth-order valence-corrected chi connectivity index (χ4v) is 1.55. The van der Waals surface area contributed by atoms with E-state index in [1.165, 1.54) is 11.1 Å². The lowest BCUT2D eigenvalue weighted by atomic mass is 10.0. The zero-order valence-corrected chi connectivity index (χ0v) is 12.0. The van der Waals surface area contributed by atoms with Gasteiger partial charge in [0.15, 0.2) is 0 Å². The Hall–Kier alpha value is -1.64. The molecular weight excluding hydrogens is 236 g/mol. The second-order valence-corrected chi connectivity index (χ2v) is 4.40. The minimum atomic E-state index is 0.659. The Bertz CT molecular complexity index is 396. The molecule has 0 fully saturated rings. The van der Waals surface area contributed by atoms with Crippen molar-refractivity contribution in [1.82, 2.24) is 0 Å². The lowest BCUT2D eigenvalue weighted by molar-refractivity contribution is -0.176. The summed E-state index contributed by atoms with van der Waals surface area (Å²) in [6.07, 6.45) is 1.14. The molecule has 0 bridgehead atoms. The van der Waals surface area contributed by atoms with Crippen LogP contribution in [0.5, 0.6) is 0 Å². The van der Waals surface area contributed by atoms with E-state index in [4.69, 9.17) is 10.5 Å². The maximum Gasteiger partial charge on any atom is -0.0219 e. The second-order valence-electron chi connectivity index (χ2n) is 4.40. The van der Waals surface area contributed by atoms with Gasteiger partial charge in [-0.1, -0.05) is 81.4 Å². The topological polar surface area (TPSA) is 40.5 Å². The number of aryl methyl sites for hydroxylation is 1. The predicted molar refractivity (Wildman–Crippen MR) is 81.6 cm³/mol. The van der Waals surface area contributed by atoms with Crippen LogP contribution in [0, 0.1) is 0 Å². The third-order valence-corrected chi connectivity index (χ3v) is 2.72. The first-order valence-electron chi connectivity index (χ1n) is 6.53. The molecule has 0 atom stereocenters. The Balaban J connectivity index is 0.000000303. The van der Waals surface area contributed by atoms with Gasteiger partial charge in [-0.15, -0.1) is 0 Å². The first-order valence-corrected chi connectivity index (χ1v) is 6.53. The van der Waals surface area contributed by atoms with Gasteiger partial charge in [-0.2, -0.15) is 0 Å². The summed E-state index contributed by atoms with van der Waals surface area (Å²) in [7, 11) is 0. The van der Waals surface area contributed by atoms with Crippen molar-refractivity contribution in [3.8, 4) is 0 Å². The Morgan fingerprint density at radius 1 is 0.789 bits per heavy atom. The fourth-order valence-electron chi connectivity index (χ4n) is 1.55. The molecule has 2 rings (SSSR count). The monoisotopic (exact) mass is 260 g/mol. The summed E-state index contributed by atoms with van der Waals surface area (Å²) in [4.78, 5) is 0. The lowest BCUT2D eigenvalue weighted by Gasteiger charge is -2.01. The van der Waals surface area contributed by atoms with E-state index in [9.17, 15) is 0 Å². The van der Waals surface area contributed by atoms with Crippen LogP contribution in [-0.2, 0) is 6.42 Å². The maximum absolute atomic E-state index is 6.00. The Kier molecular flexibility index (Phi) is 10.5. The first-order chi connectivity index (χ1) is 9.24. The van der Waals surface area contributed by atoms with Crippen LogP contribution < -0.4 is 0 Å². The van der Waals surface area contributed by atoms with Crippen LogP contribution in [0.4, 0.5) is 0 Å². The molecule has 2 N–H and O–H groups in total. The summed E-state index contributed by atoms with van der Waals surface area (Å²) in [5.41, 5.74) is 2.82. The van der Waals surface area contributed by atoms with Crippen molar-refractivity contribution in [1.29, 1.82) is 0 Å². The third kappa shape index (κ3) is 8.14. The van der Waals surface area contributed by atoms with Gasteiger partial charge < -0.3 is 0 Å². The Labute approximate surface area is 116 Å². The molecule has 0 aliphatic rings. The molecule has 0 amide bonds. The summed E-state index contributed by atoms with van der Waals surface area (Å²) in [6, 6.07) is 21.0. The zero-order valence-electron chi connectivity index (χ0n) is 12.0. The van der Waals surface area contributed by atoms with Crippen LogP contribution in [0.1, 0.15) is 37.8 Å². The molecule has 2 heteroatoms. The van der Waals surface area contributed by atoms with Gasteiger partial charge in [0.1, 0.15) is 0 Å². The van der Waals surface area contributed by atoms with Crippen molar-refractivity contribution < 1.29 is 10.5 Å². The van der Waals surface area contributed by atoms with E-state index in [1.54, 1.807) is 0 Å². The highest BCUT2D eigenvalue weighted by Crippen LogP contribution is 2.11. The van der Waals surface area contributed by atoms with Gasteiger partial charge in [0.25, 0.3) is 0 Å². The Morgan fingerprint density at radius 3 is 1.47 bits per heavy atom. The molecule has 19 heavy (non-hydrogen) atoms. The van der Waals surface area contributed by atoms with Crippen molar-refractivity contribution in [2.75, 3.05) is 0 Å². The van der Waals surface area contributed by atoms with Crippen LogP contribution in [0.3, 0.4) is 0 Å². The van der Waals surface area contributed by atoms with Gasteiger partial charge in [-0.05, 0) is 23.5 Å². The minimum absolute atomic E-state index is 0.659. The first kappa shape index (κ1) is 17.4. The van der Waals surface area contributed by atoms with E-state index in [0.717, 1.165) is 6.42 Å². The largest absolute Gasteiger partial charge is 0.255 e. The average molecular weight is 260 g/mol. The van der Waals surface area contributed by atoms with E-state index in [-0.39, 0.29) is 0 Å². The van der Waals surface area contributed by atoms with Crippen molar-refractivity contribution in [3.05, 3.63) is 71.8 Å². The standard InChI is InChI=1S/C9H12.C8H10.H2O2/c1-8(2)9-6-4-3-5-7-9;1-2-8-6-4-3-5-7-8;1-2/h3-8H,1-2H3;3-7H,2H2,1H3;1-2H. The highest BCUT2D eigenvalue weighted by atomic mass is 17.0. The molecule has 0 aliphatic heterocycles. The van der Waals surface area contributed by atoms with Crippen LogP contribution >= 0.6 is 0 Å². The van der Waals surface area contributed by atoms with Crippen LogP contribution in [-0.4, -0.2) is 10.5 Å². The molecule has 0 saturated heterocycles. The van der Waals surface area contributed by atoms with Gasteiger partial charge >= 0.3 is 0 Å². The lowest BCUT2D eigenvalue weighted by Crippen LogP contribution is -1.83. The summed E-state index contributed by atoms with van der Waals surface area (Å²) >= 11 is 0. The molecule has 0 radical (unpaired) electrons. The minimum Gasteiger partial charge on any atom is -0.255 e. The highest BCUT2D eigenvalue weighted by Gasteiger charge is 1.93. The normalized spacial score (nSPS) is 8.95. The maximum atomic E-state index is 6.00. The number of benzene rings is 2. The quantitative estimate of drug-likeness (QED) is 0.584. The predicted octanol–water partition coefficient (Wildman–Crippen LogP) is 5.08. The van der Waals surface area contributed by atoms with Gasteiger partial charge in [0.2, 0.25) is 0 Å². The molecule has 0 heterocycles. The van der Waals surface area contributed by atoms with E-state index >= 15 is 0 Å². The molecule has 2 nitrogen and oxygen atoms in total. The number of hydrogen-bond donors (Lipinski definition) is 2. The molecule has 0 aromatic heterocycles. The van der Waals surface area contributed by atoms with Gasteiger partial charge in [-0.3, -0.25) is 10.5 Å². The fraction of sp³-hybridized carbons (Fsp3) is 0.294.